The number of aromatic nitrogens is 2. The van der Waals surface area contributed by atoms with Crippen molar-refractivity contribution in [3.8, 4) is 16.9 Å². The van der Waals surface area contributed by atoms with E-state index in [0.29, 0.717) is 25.3 Å². The molecule has 0 unspecified atom stereocenters. The summed E-state index contributed by atoms with van der Waals surface area (Å²) in [4.78, 5) is 25.1. The molecule has 4 heterocycles. The molecule has 0 saturated carbocycles. The number of pyridine rings is 2. The third-order valence-electron chi connectivity index (χ3n) is 6.41. The van der Waals surface area contributed by atoms with Gasteiger partial charge in [-0.1, -0.05) is 18.2 Å². The van der Waals surface area contributed by atoms with Crippen molar-refractivity contribution in [2.24, 2.45) is 0 Å². The SMILES string of the molecule is O=C(NCc1cc(-c2ccc(N3CCOc4cccnc43)cc2)ccn1)c1ccc2c(c1)SCCOC2. The highest BCUT2D eigenvalue weighted by Crippen LogP contribution is 2.35. The molecule has 2 aromatic carbocycles. The van der Waals surface area contributed by atoms with Crippen LogP contribution in [0.2, 0.25) is 0 Å². The number of nitrogens with one attached hydrogen (secondary N) is 1. The molecule has 0 spiro atoms. The molecule has 186 valence electrons. The molecule has 0 saturated heterocycles. The lowest BCUT2D eigenvalue weighted by Crippen LogP contribution is -2.29. The number of hydrogen-bond acceptors (Lipinski definition) is 7. The van der Waals surface area contributed by atoms with E-state index in [-0.39, 0.29) is 5.91 Å². The van der Waals surface area contributed by atoms with Gasteiger partial charge < -0.3 is 19.7 Å². The molecule has 6 rings (SSSR count). The van der Waals surface area contributed by atoms with Crippen molar-refractivity contribution in [2.75, 3.05) is 30.4 Å². The monoisotopic (exact) mass is 510 g/mol. The number of benzene rings is 2. The summed E-state index contributed by atoms with van der Waals surface area (Å²) in [6.07, 6.45) is 3.57. The van der Waals surface area contributed by atoms with E-state index in [1.54, 1.807) is 24.2 Å². The van der Waals surface area contributed by atoms with E-state index in [2.05, 4.69) is 44.5 Å². The van der Waals surface area contributed by atoms with Crippen LogP contribution >= 0.6 is 11.8 Å². The zero-order valence-electron chi connectivity index (χ0n) is 20.2. The van der Waals surface area contributed by atoms with Crippen LogP contribution in [0.5, 0.6) is 5.75 Å². The number of carbonyl (C=O) groups is 1. The van der Waals surface area contributed by atoms with Crippen LogP contribution in [-0.4, -0.2) is 41.4 Å². The molecule has 0 fully saturated rings. The number of carbonyl (C=O) groups excluding carboxylic acids is 1. The van der Waals surface area contributed by atoms with E-state index in [4.69, 9.17) is 9.47 Å². The maximum Gasteiger partial charge on any atom is 0.251 e. The minimum atomic E-state index is -0.107. The van der Waals surface area contributed by atoms with Gasteiger partial charge in [0, 0.05) is 34.3 Å². The minimum Gasteiger partial charge on any atom is -0.488 e. The molecule has 2 aliphatic rings. The highest BCUT2D eigenvalue weighted by atomic mass is 32.2. The van der Waals surface area contributed by atoms with E-state index in [0.717, 1.165) is 63.4 Å². The van der Waals surface area contributed by atoms with Gasteiger partial charge in [-0.3, -0.25) is 9.78 Å². The molecule has 8 heteroatoms. The first-order valence-electron chi connectivity index (χ1n) is 12.3. The van der Waals surface area contributed by atoms with E-state index < -0.39 is 0 Å². The van der Waals surface area contributed by atoms with Crippen molar-refractivity contribution in [1.82, 2.24) is 15.3 Å². The minimum absolute atomic E-state index is 0.107. The average molecular weight is 511 g/mol. The van der Waals surface area contributed by atoms with Crippen molar-refractivity contribution in [3.63, 3.8) is 0 Å². The summed E-state index contributed by atoms with van der Waals surface area (Å²) in [7, 11) is 0. The summed E-state index contributed by atoms with van der Waals surface area (Å²) in [5.74, 6) is 2.43. The Morgan fingerprint density at radius 3 is 2.81 bits per heavy atom. The van der Waals surface area contributed by atoms with Crippen molar-refractivity contribution in [3.05, 3.63) is 95.9 Å². The Hall–Kier alpha value is -3.88. The van der Waals surface area contributed by atoms with Gasteiger partial charge >= 0.3 is 0 Å². The molecule has 7 nitrogen and oxygen atoms in total. The van der Waals surface area contributed by atoms with Crippen LogP contribution in [0.4, 0.5) is 11.5 Å². The first kappa shape index (κ1) is 23.5. The number of nitrogens with zero attached hydrogens (tertiary/aromatic N) is 3. The Kier molecular flexibility index (Phi) is 6.75. The number of amides is 1. The van der Waals surface area contributed by atoms with Gasteiger partial charge in [0.1, 0.15) is 6.61 Å². The number of hydrogen-bond donors (Lipinski definition) is 1. The van der Waals surface area contributed by atoms with Crippen LogP contribution in [0.1, 0.15) is 21.6 Å². The molecule has 4 aromatic rings. The van der Waals surface area contributed by atoms with E-state index >= 15 is 0 Å². The van der Waals surface area contributed by atoms with Crippen LogP contribution in [-0.2, 0) is 17.9 Å². The summed E-state index contributed by atoms with van der Waals surface area (Å²) in [6, 6.07) is 22.0. The standard InChI is InChI=1S/C29H26N4O3S/c34-29(22-3-4-23-19-35-14-15-37-27(23)17-22)32-18-24-16-21(9-11-30-24)20-5-7-25(8-6-20)33-12-13-36-26-2-1-10-31-28(26)33/h1-11,16-17H,12-15,18-19H2,(H,32,34). The van der Waals surface area contributed by atoms with Crippen molar-refractivity contribution in [1.29, 1.82) is 0 Å². The highest BCUT2D eigenvalue weighted by Gasteiger charge is 2.20. The van der Waals surface area contributed by atoms with Crippen LogP contribution < -0.4 is 15.0 Å². The molecule has 2 aromatic heterocycles. The fraction of sp³-hybridized carbons (Fsp3) is 0.207. The molecule has 0 aliphatic carbocycles. The van der Waals surface area contributed by atoms with Crippen molar-refractivity contribution in [2.45, 2.75) is 18.0 Å². The van der Waals surface area contributed by atoms with Crippen LogP contribution in [0.15, 0.2) is 84.0 Å². The quantitative estimate of drug-likeness (QED) is 0.394. The zero-order chi connectivity index (χ0) is 25.0. The summed E-state index contributed by atoms with van der Waals surface area (Å²) in [6.45, 7) is 3.05. The third kappa shape index (κ3) is 5.16. The van der Waals surface area contributed by atoms with Crippen LogP contribution in [0.25, 0.3) is 11.1 Å². The van der Waals surface area contributed by atoms with E-state index in [1.807, 2.05) is 42.5 Å². The highest BCUT2D eigenvalue weighted by molar-refractivity contribution is 7.99. The van der Waals surface area contributed by atoms with Gasteiger partial charge in [-0.25, -0.2) is 4.98 Å². The lowest BCUT2D eigenvalue weighted by Gasteiger charge is -2.30. The number of anilines is 2. The Morgan fingerprint density at radius 2 is 1.89 bits per heavy atom. The largest absolute Gasteiger partial charge is 0.488 e. The Morgan fingerprint density at radius 1 is 0.973 bits per heavy atom. The lowest BCUT2D eigenvalue weighted by molar-refractivity contribution is 0.0950. The second kappa shape index (κ2) is 10.6. The Labute approximate surface area is 219 Å². The van der Waals surface area contributed by atoms with Gasteiger partial charge in [0.2, 0.25) is 0 Å². The molecular weight excluding hydrogens is 484 g/mol. The van der Waals surface area contributed by atoms with Gasteiger partial charge in [0.25, 0.3) is 5.91 Å². The van der Waals surface area contributed by atoms with Crippen LogP contribution in [0, 0.1) is 0 Å². The van der Waals surface area contributed by atoms with E-state index in [1.165, 1.54) is 0 Å². The van der Waals surface area contributed by atoms with Crippen LogP contribution in [0.3, 0.4) is 0 Å². The first-order chi connectivity index (χ1) is 18.2. The third-order valence-corrected chi connectivity index (χ3v) is 7.47. The second-order valence-electron chi connectivity index (χ2n) is 8.81. The second-order valence-corrected chi connectivity index (χ2v) is 9.95. The predicted octanol–water partition coefficient (Wildman–Crippen LogP) is 5.23. The summed E-state index contributed by atoms with van der Waals surface area (Å²) >= 11 is 1.73. The summed E-state index contributed by atoms with van der Waals surface area (Å²) in [5, 5.41) is 3.01. The van der Waals surface area contributed by atoms with Gasteiger partial charge in [-0.15, -0.1) is 11.8 Å². The molecular formula is C29H26N4O3S. The molecule has 0 radical (unpaired) electrons. The number of ether oxygens (including phenoxy) is 2. The summed E-state index contributed by atoms with van der Waals surface area (Å²) in [5.41, 5.74) is 5.79. The normalized spacial score (nSPS) is 14.6. The van der Waals surface area contributed by atoms with Gasteiger partial charge in [-0.2, -0.15) is 0 Å². The van der Waals surface area contributed by atoms with Gasteiger partial charge in [-0.05, 0) is 65.2 Å². The lowest BCUT2D eigenvalue weighted by atomic mass is 10.1. The predicted molar refractivity (Wildman–Crippen MR) is 144 cm³/mol. The topological polar surface area (TPSA) is 76.6 Å². The Bertz CT molecular complexity index is 1430. The van der Waals surface area contributed by atoms with E-state index in [9.17, 15) is 4.79 Å². The van der Waals surface area contributed by atoms with Gasteiger partial charge in [0.15, 0.2) is 11.6 Å². The molecule has 37 heavy (non-hydrogen) atoms. The van der Waals surface area contributed by atoms with Crippen molar-refractivity contribution >= 4 is 29.2 Å². The average Bonchev–Trinajstić information content (AvgIpc) is 3.21. The van der Waals surface area contributed by atoms with Gasteiger partial charge in [0.05, 0.1) is 32.0 Å². The fourth-order valence-corrected chi connectivity index (χ4v) is 5.45. The number of thioether (sulfide) groups is 1. The zero-order valence-corrected chi connectivity index (χ0v) is 21.0. The molecule has 1 amide bonds. The number of rotatable bonds is 5. The first-order valence-corrected chi connectivity index (χ1v) is 13.3. The summed E-state index contributed by atoms with van der Waals surface area (Å²) < 4.78 is 11.3. The molecule has 1 N–H and O–H groups in total. The molecule has 0 atom stereocenters. The fourth-order valence-electron chi connectivity index (χ4n) is 4.50. The Balaban J connectivity index is 1.13. The smallest absolute Gasteiger partial charge is 0.251 e. The number of fused-ring (bicyclic) bond motifs is 2. The maximum atomic E-state index is 12.8. The maximum absolute atomic E-state index is 12.8. The molecule has 2 aliphatic heterocycles. The molecule has 0 bridgehead atoms. The van der Waals surface area contributed by atoms with Crippen molar-refractivity contribution < 1.29 is 14.3 Å².